The molecule has 1 N–H and O–H groups in total. The third-order valence-corrected chi connectivity index (χ3v) is 4.04. The summed E-state index contributed by atoms with van der Waals surface area (Å²) < 4.78 is 1.89. The average molecular weight is 274 g/mol. The van der Waals surface area contributed by atoms with E-state index in [1.165, 1.54) is 12.8 Å². The Morgan fingerprint density at radius 3 is 2.85 bits per heavy atom. The number of pyridine rings is 1. The predicted molar refractivity (Wildman–Crippen MR) is 73.9 cm³/mol. The summed E-state index contributed by atoms with van der Waals surface area (Å²) in [6.07, 6.45) is 5.02. The van der Waals surface area contributed by atoms with Gasteiger partial charge in [0.15, 0.2) is 5.65 Å². The van der Waals surface area contributed by atoms with E-state index in [2.05, 4.69) is 22.1 Å². The Morgan fingerprint density at radius 2 is 2.15 bits per heavy atom. The number of fused-ring (bicyclic) bond motifs is 1. The lowest BCUT2D eigenvalue weighted by Crippen LogP contribution is -2.31. The molecule has 0 bridgehead atoms. The minimum Gasteiger partial charge on any atom is -0.478 e. The number of aromatic carboxylic acids is 1. The molecular weight excluding hydrogens is 256 g/mol. The fourth-order valence-electron chi connectivity index (χ4n) is 2.74. The second-order valence-corrected chi connectivity index (χ2v) is 5.52. The van der Waals surface area contributed by atoms with Gasteiger partial charge in [0.05, 0.1) is 5.56 Å². The van der Waals surface area contributed by atoms with Crippen LogP contribution in [0.25, 0.3) is 5.65 Å². The summed E-state index contributed by atoms with van der Waals surface area (Å²) >= 11 is 0. The zero-order valence-electron chi connectivity index (χ0n) is 11.5. The van der Waals surface area contributed by atoms with E-state index in [0.717, 1.165) is 25.3 Å². The number of carboxylic acids is 1. The molecule has 20 heavy (non-hydrogen) atoms. The quantitative estimate of drug-likeness (QED) is 0.913. The van der Waals surface area contributed by atoms with Gasteiger partial charge in [0.1, 0.15) is 5.82 Å². The molecule has 1 aliphatic rings. The number of likely N-dealkylation sites (tertiary alicyclic amines) is 1. The van der Waals surface area contributed by atoms with Crippen molar-refractivity contribution >= 4 is 11.6 Å². The summed E-state index contributed by atoms with van der Waals surface area (Å²) in [5.41, 5.74) is 0.851. The van der Waals surface area contributed by atoms with Crippen molar-refractivity contribution in [2.24, 2.45) is 5.92 Å². The van der Waals surface area contributed by atoms with E-state index >= 15 is 0 Å². The molecular formula is C14H18N4O2. The lowest BCUT2D eigenvalue weighted by Gasteiger charge is -2.28. The van der Waals surface area contributed by atoms with E-state index in [1.807, 2.05) is 4.40 Å². The first-order chi connectivity index (χ1) is 9.63. The summed E-state index contributed by atoms with van der Waals surface area (Å²) in [5, 5.41) is 17.3. The molecule has 0 unspecified atom stereocenters. The standard InChI is InChI=1S/C14H18N4O2/c1-17-5-2-10(3-6-17)8-12-15-16-13-9-11(14(19)20)4-7-18(12)13/h4,7,9-10H,2-3,5-6,8H2,1H3,(H,19,20). The van der Waals surface area contributed by atoms with Crippen molar-refractivity contribution in [3.63, 3.8) is 0 Å². The molecule has 1 saturated heterocycles. The van der Waals surface area contributed by atoms with Crippen molar-refractivity contribution in [1.29, 1.82) is 0 Å². The molecule has 0 amide bonds. The van der Waals surface area contributed by atoms with Crippen molar-refractivity contribution in [2.45, 2.75) is 19.3 Å². The van der Waals surface area contributed by atoms with Gasteiger partial charge in [0.25, 0.3) is 0 Å². The van der Waals surface area contributed by atoms with Gasteiger partial charge in [-0.15, -0.1) is 10.2 Å². The summed E-state index contributed by atoms with van der Waals surface area (Å²) in [7, 11) is 2.15. The first-order valence-corrected chi connectivity index (χ1v) is 6.89. The third-order valence-electron chi connectivity index (χ3n) is 4.04. The van der Waals surface area contributed by atoms with E-state index in [1.54, 1.807) is 18.3 Å². The first kappa shape index (κ1) is 13.1. The molecule has 0 aromatic carbocycles. The number of rotatable bonds is 3. The van der Waals surface area contributed by atoms with Crippen LogP contribution in [0.2, 0.25) is 0 Å². The monoisotopic (exact) mass is 274 g/mol. The number of piperidine rings is 1. The highest BCUT2D eigenvalue weighted by Gasteiger charge is 2.19. The number of hydrogen-bond donors (Lipinski definition) is 1. The number of aromatic nitrogens is 3. The van der Waals surface area contributed by atoms with Gasteiger partial charge in [-0.2, -0.15) is 0 Å². The van der Waals surface area contributed by atoms with Crippen LogP contribution in [0, 0.1) is 5.92 Å². The van der Waals surface area contributed by atoms with Gasteiger partial charge in [0, 0.05) is 12.6 Å². The Labute approximate surface area is 117 Å². The topological polar surface area (TPSA) is 70.7 Å². The van der Waals surface area contributed by atoms with E-state index < -0.39 is 5.97 Å². The van der Waals surface area contributed by atoms with E-state index in [4.69, 9.17) is 5.11 Å². The summed E-state index contributed by atoms with van der Waals surface area (Å²) in [4.78, 5) is 13.3. The van der Waals surface area contributed by atoms with E-state index in [0.29, 0.717) is 11.6 Å². The zero-order valence-corrected chi connectivity index (χ0v) is 11.5. The van der Waals surface area contributed by atoms with Gasteiger partial charge in [-0.3, -0.25) is 4.40 Å². The molecule has 3 heterocycles. The van der Waals surface area contributed by atoms with E-state index in [-0.39, 0.29) is 5.56 Å². The molecule has 2 aromatic rings. The molecule has 6 nitrogen and oxygen atoms in total. The van der Waals surface area contributed by atoms with E-state index in [9.17, 15) is 4.79 Å². The van der Waals surface area contributed by atoms with Crippen molar-refractivity contribution < 1.29 is 9.90 Å². The lowest BCUT2D eigenvalue weighted by molar-refractivity contribution is 0.0697. The van der Waals surface area contributed by atoms with Gasteiger partial charge in [-0.25, -0.2) is 4.79 Å². The highest BCUT2D eigenvalue weighted by molar-refractivity contribution is 5.88. The molecule has 6 heteroatoms. The van der Waals surface area contributed by atoms with Crippen LogP contribution in [0.1, 0.15) is 29.0 Å². The molecule has 0 saturated carbocycles. The maximum atomic E-state index is 10.9. The second kappa shape index (κ2) is 5.20. The summed E-state index contributed by atoms with van der Waals surface area (Å²) in [6.45, 7) is 2.26. The number of carboxylic acid groups (broad SMARTS) is 1. The SMILES string of the molecule is CN1CCC(Cc2nnc3cc(C(=O)O)ccn23)CC1. The normalized spacial score (nSPS) is 17.6. The molecule has 3 rings (SSSR count). The summed E-state index contributed by atoms with van der Waals surface area (Å²) in [5.74, 6) is 0.622. The Balaban J connectivity index is 1.80. The van der Waals surface area contributed by atoms with Gasteiger partial charge < -0.3 is 10.0 Å². The lowest BCUT2D eigenvalue weighted by atomic mass is 9.93. The van der Waals surface area contributed by atoms with Crippen LogP contribution >= 0.6 is 0 Å². The van der Waals surface area contributed by atoms with Crippen LogP contribution in [0.3, 0.4) is 0 Å². The minimum atomic E-state index is -0.938. The zero-order chi connectivity index (χ0) is 14.1. The van der Waals surface area contributed by atoms with Crippen LogP contribution in [0.4, 0.5) is 0 Å². The van der Waals surface area contributed by atoms with Gasteiger partial charge in [-0.05, 0) is 51.0 Å². The highest BCUT2D eigenvalue weighted by Crippen LogP contribution is 2.20. The van der Waals surface area contributed by atoms with Gasteiger partial charge in [-0.1, -0.05) is 0 Å². The largest absolute Gasteiger partial charge is 0.478 e. The molecule has 0 spiro atoms. The Hall–Kier alpha value is -1.95. The van der Waals surface area contributed by atoms with Crippen LogP contribution in [0.5, 0.6) is 0 Å². The molecule has 0 aliphatic carbocycles. The number of hydrogen-bond acceptors (Lipinski definition) is 4. The van der Waals surface area contributed by atoms with Crippen LogP contribution in [-0.4, -0.2) is 50.7 Å². The fourth-order valence-corrected chi connectivity index (χ4v) is 2.74. The molecule has 106 valence electrons. The first-order valence-electron chi connectivity index (χ1n) is 6.89. The number of carbonyl (C=O) groups is 1. The van der Waals surface area contributed by atoms with Crippen LogP contribution in [0.15, 0.2) is 18.3 Å². The van der Waals surface area contributed by atoms with Gasteiger partial charge >= 0.3 is 5.97 Å². The van der Waals surface area contributed by atoms with Crippen LogP contribution in [-0.2, 0) is 6.42 Å². The highest BCUT2D eigenvalue weighted by atomic mass is 16.4. The van der Waals surface area contributed by atoms with Crippen LogP contribution < -0.4 is 0 Å². The maximum absolute atomic E-state index is 10.9. The minimum absolute atomic E-state index is 0.246. The van der Waals surface area contributed by atoms with Crippen molar-refractivity contribution in [3.8, 4) is 0 Å². The Morgan fingerprint density at radius 1 is 1.40 bits per heavy atom. The Kier molecular flexibility index (Phi) is 3.40. The predicted octanol–water partition coefficient (Wildman–Crippen LogP) is 1.31. The van der Waals surface area contributed by atoms with Crippen molar-refractivity contribution in [3.05, 3.63) is 29.7 Å². The molecule has 0 radical (unpaired) electrons. The second-order valence-electron chi connectivity index (χ2n) is 5.52. The number of nitrogens with zero attached hydrogens (tertiary/aromatic N) is 4. The molecule has 2 aromatic heterocycles. The molecule has 1 aliphatic heterocycles. The Bertz CT molecular complexity index is 629. The third kappa shape index (κ3) is 2.51. The average Bonchev–Trinajstić information content (AvgIpc) is 2.84. The smallest absolute Gasteiger partial charge is 0.335 e. The van der Waals surface area contributed by atoms with Crippen molar-refractivity contribution in [1.82, 2.24) is 19.5 Å². The molecule has 0 atom stereocenters. The summed E-state index contributed by atoms with van der Waals surface area (Å²) in [6, 6.07) is 3.16. The fraction of sp³-hybridized carbons (Fsp3) is 0.500. The van der Waals surface area contributed by atoms with Crippen molar-refractivity contribution in [2.75, 3.05) is 20.1 Å². The van der Waals surface area contributed by atoms with Gasteiger partial charge in [0.2, 0.25) is 0 Å². The maximum Gasteiger partial charge on any atom is 0.335 e. The molecule has 1 fully saturated rings.